The van der Waals surface area contributed by atoms with Crippen LogP contribution in [0.1, 0.15) is 32.8 Å². The summed E-state index contributed by atoms with van der Waals surface area (Å²) in [5, 5.41) is 6.61. The largest absolute Gasteiger partial charge is 0.475 e. The molecule has 0 spiro atoms. The molecule has 0 aliphatic carbocycles. The number of guanidine groups is 1. The topological polar surface area (TPSA) is 67.8 Å². The minimum atomic E-state index is 0. The monoisotopic (exact) mass is 450 g/mol. The van der Waals surface area contributed by atoms with E-state index in [1.54, 1.807) is 13.3 Å². The molecule has 7 heteroatoms. The summed E-state index contributed by atoms with van der Waals surface area (Å²) >= 11 is 0. The van der Waals surface area contributed by atoms with E-state index in [4.69, 9.17) is 9.47 Å². The van der Waals surface area contributed by atoms with Crippen molar-refractivity contribution in [1.29, 1.82) is 0 Å². The number of aliphatic imine (C=N–C) groups is 1. The summed E-state index contributed by atoms with van der Waals surface area (Å²) in [6, 6.07) is 3.88. The SMILES string of the molecule is CCNC(=NCc1cccnc1OCCOC)NCCC(C)C.I. The van der Waals surface area contributed by atoms with Gasteiger partial charge >= 0.3 is 0 Å². The molecule has 1 aromatic rings. The van der Waals surface area contributed by atoms with Gasteiger partial charge in [0.1, 0.15) is 6.61 Å². The average Bonchev–Trinajstić information content (AvgIpc) is 2.53. The van der Waals surface area contributed by atoms with E-state index in [1.165, 1.54) is 0 Å². The van der Waals surface area contributed by atoms with Crippen LogP contribution >= 0.6 is 24.0 Å². The molecule has 0 amide bonds. The van der Waals surface area contributed by atoms with E-state index in [0.29, 0.717) is 31.6 Å². The van der Waals surface area contributed by atoms with Gasteiger partial charge in [-0.1, -0.05) is 19.9 Å². The lowest BCUT2D eigenvalue weighted by Crippen LogP contribution is -2.38. The number of nitrogens with one attached hydrogen (secondary N) is 2. The lowest BCUT2D eigenvalue weighted by Gasteiger charge is -2.13. The predicted octanol–water partition coefficient (Wildman–Crippen LogP) is 2.83. The van der Waals surface area contributed by atoms with E-state index in [0.717, 1.165) is 31.0 Å². The van der Waals surface area contributed by atoms with Gasteiger partial charge in [-0.25, -0.2) is 9.98 Å². The Balaban J connectivity index is 0.00000529. The third kappa shape index (κ3) is 9.92. The van der Waals surface area contributed by atoms with Crippen molar-refractivity contribution in [3.8, 4) is 5.88 Å². The summed E-state index contributed by atoms with van der Waals surface area (Å²) in [6.45, 7) is 9.77. The number of hydrogen-bond acceptors (Lipinski definition) is 4. The number of methoxy groups -OCH3 is 1. The third-order valence-corrected chi connectivity index (χ3v) is 3.14. The Morgan fingerprint density at radius 1 is 1.29 bits per heavy atom. The maximum Gasteiger partial charge on any atom is 0.218 e. The molecule has 0 unspecified atom stereocenters. The molecule has 0 fully saturated rings. The van der Waals surface area contributed by atoms with Crippen LogP contribution in [0.2, 0.25) is 0 Å². The van der Waals surface area contributed by atoms with Crippen LogP contribution in [0.3, 0.4) is 0 Å². The molecule has 0 aliphatic heterocycles. The van der Waals surface area contributed by atoms with Gasteiger partial charge in [-0.05, 0) is 25.3 Å². The van der Waals surface area contributed by atoms with E-state index < -0.39 is 0 Å². The summed E-state index contributed by atoms with van der Waals surface area (Å²) in [7, 11) is 1.65. The lowest BCUT2D eigenvalue weighted by atomic mass is 10.1. The molecule has 1 rings (SSSR count). The summed E-state index contributed by atoms with van der Waals surface area (Å²) < 4.78 is 10.6. The average molecular weight is 450 g/mol. The molecule has 6 nitrogen and oxygen atoms in total. The van der Waals surface area contributed by atoms with E-state index >= 15 is 0 Å². The zero-order valence-electron chi connectivity index (χ0n) is 15.2. The number of pyridine rings is 1. The molecule has 0 radical (unpaired) electrons. The minimum absolute atomic E-state index is 0. The number of nitrogens with zero attached hydrogens (tertiary/aromatic N) is 2. The van der Waals surface area contributed by atoms with Crippen LogP contribution in [-0.2, 0) is 11.3 Å². The van der Waals surface area contributed by atoms with Crippen molar-refractivity contribution in [1.82, 2.24) is 15.6 Å². The second-order valence-electron chi connectivity index (χ2n) is 5.61. The van der Waals surface area contributed by atoms with Gasteiger partial charge in [-0.2, -0.15) is 0 Å². The number of hydrogen-bond donors (Lipinski definition) is 2. The number of ether oxygens (including phenoxy) is 2. The van der Waals surface area contributed by atoms with Crippen LogP contribution in [0.15, 0.2) is 23.3 Å². The molecule has 0 saturated carbocycles. The molecule has 0 bridgehead atoms. The predicted molar refractivity (Wildman–Crippen MR) is 109 cm³/mol. The Morgan fingerprint density at radius 2 is 2.08 bits per heavy atom. The highest BCUT2D eigenvalue weighted by Gasteiger charge is 2.05. The Morgan fingerprint density at radius 3 is 2.75 bits per heavy atom. The normalized spacial score (nSPS) is 11.1. The Labute approximate surface area is 162 Å². The molecule has 0 saturated heterocycles. The van der Waals surface area contributed by atoms with Crippen molar-refractivity contribution in [2.45, 2.75) is 33.7 Å². The fourth-order valence-corrected chi connectivity index (χ4v) is 1.88. The van der Waals surface area contributed by atoms with Crippen LogP contribution < -0.4 is 15.4 Å². The standard InChI is InChI=1S/C17H30N4O2.HI/c1-5-18-17(20-10-8-14(2)3)21-13-15-7-6-9-19-16(15)23-12-11-22-4;/h6-7,9,14H,5,8,10-13H2,1-4H3,(H2,18,20,21);1H. The second kappa shape index (κ2) is 14.3. The van der Waals surface area contributed by atoms with Crippen molar-refractivity contribution in [3.63, 3.8) is 0 Å². The zero-order chi connectivity index (χ0) is 16.9. The van der Waals surface area contributed by atoms with E-state index in [-0.39, 0.29) is 24.0 Å². The molecular formula is C17H31IN4O2. The highest BCUT2D eigenvalue weighted by atomic mass is 127. The van der Waals surface area contributed by atoms with E-state index in [2.05, 4.69) is 41.4 Å². The molecule has 1 aromatic heterocycles. The molecule has 138 valence electrons. The van der Waals surface area contributed by atoms with Crippen LogP contribution in [0.5, 0.6) is 5.88 Å². The van der Waals surface area contributed by atoms with Gasteiger partial charge in [0.2, 0.25) is 5.88 Å². The van der Waals surface area contributed by atoms with Crippen LogP contribution in [0, 0.1) is 5.92 Å². The minimum Gasteiger partial charge on any atom is -0.475 e. The molecular weight excluding hydrogens is 419 g/mol. The second-order valence-corrected chi connectivity index (χ2v) is 5.61. The number of rotatable bonds is 10. The summed E-state index contributed by atoms with van der Waals surface area (Å²) in [4.78, 5) is 8.88. The first kappa shape index (κ1) is 22.9. The van der Waals surface area contributed by atoms with E-state index in [9.17, 15) is 0 Å². The Hall–Kier alpha value is -1.09. The van der Waals surface area contributed by atoms with Crippen molar-refractivity contribution < 1.29 is 9.47 Å². The summed E-state index contributed by atoms with van der Waals surface area (Å²) in [5.41, 5.74) is 0.963. The van der Waals surface area contributed by atoms with Gasteiger partial charge in [0.25, 0.3) is 0 Å². The Bertz CT molecular complexity index is 470. The summed E-state index contributed by atoms with van der Waals surface area (Å²) in [6.07, 6.45) is 2.84. The van der Waals surface area contributed by atoms with Crippen molar-refractivity contribution in [3.05, 3.63) is 23.9 Å². The first-order chi connectivity index (χ1) is 11.2. The smallest absolute Gasteiger partial charge is 0.218 e. The molecule has 1 heterocycles. The molecule has 0 atom stereocenters. The highest BCUT2D eigenvalue weighted by molar-refractivity contribution is 14.0. The van der Waals surface area contributed by atoms with Crippen molar-refractivity contribution >= 4 is 29.9 Å². The van der Waals surface area contributed by atoms with Gasteiger partial charge in [0.05, 0.1) is 13.2 Å². The fourth-order valence-electron chi connectivity index (χ4n) is 1.88. The zero-order valence-corrected chi connectivity index (χ0v) is 17.5. The van der Waals surface area contributed by atoms with Gasteiger partial charge in [-0.3, -0.25) is 0 Å². The highest BCUT2D eigenvalue weighted by Crippen LogP contribution is 2.15. The maximum atomic E-state index is 5.64. The van der Waals surface area contributed by atoms with Crippen LogP contribution in [0.25, 0.3) is 0 Å². The maximum absolute atomic E-state index is 5.64. The number of aromatic nitrogens is 1. The van der Waals surface area contributed by atoms with Gasteiger partial charge < -0.3 is 20.1 Å². The third-order valence-electron chi connectivity index (χ3n) is 3.14. The van der Waals surface area contributed by atoms with Crippen LogP contribution in [0.4, 0.5) is 0 Å². The quantitative estimate of drug-likeness (QED) is 0.248. The number of halogens is 1. The first-order valence-electron chi connectivity index (χ1n) is 8.25. The molecule has 2 N–H and O–H groups in total. The van der Waals surface area contributed by atoms with Crippen molar-refractivity contribution in [2.75, 3.05) is 33.4 Å². The molecule has 0 aromatic carbocycles. The van der Waals surface area contributed by atoms with Gasteiger partial charge in [0, 0.05) is 32.0 Å². The fraction of sp³-hybridized carbons (Fsp3) is 0.647. The van der Waals surface area contributed by atoms with E-state index in [1.807, 2.05) is 12.1 Å². The lowest BCUT2D eigenvalue weighted by molar-refractivity contribution is 0.143. The Kier molecular flexibility index (Phi) is 13.6. The van der Waals surface area contributed by atoms with Gasteiger partial charge in [-0.15, -0.1) is 24.0 Å². The molecule has 24 heavy (non-hydrogen) atoms. The van der Waals surface area contributed by atoms with Crippen molar-refractivity contribution in [2.24, 2.45) is 10.9 Å². The summed E-state index contributed by atoms with van der Waals surface area (Å²) in [5.74, 6) is 2.11. The van der Waals surface area contributed by atoms with Gasteiger partial charge in [0.15, 0.2) is 5.96 Å². The molecule has 0 aliphatic rings. The first-order valence-corrected chi connectivity index (χ1v) is 8.25. The van der Waals surface area contributed by atoms with Crippen LogP contribution in [-0.4, -0.2) is 44.4 Å².